The zero-order valence-corrected chi connectivity index (χ0v) is 10.2. The van der Waals surface area contributed by atoms with E-state index in [0.29, 0.717) is 5.56 Å². The molecular formula is C11H12ClN3O3. The molecule has 0 amide bonds. The number of nitro benzene ring substituents is 1. The Morgan fingerprint density at radius 2 is 2.17 bits per heavy atom. The zero-order valence-electron chi connectivity index (χ0n) is 9.37. The topological polar surface area (TPSA) is 113 Å². The van der Waals surface area contributed by atoms with Crippen LogP contribution in [0.1, 0.15) is 30.0 Å². The van der Waals surface area contributed by atoms with Crippen molar-refractivity contribution in [3.8, 4) is 11.8 Å². The zero-order chi connectivity index (χ0) is 12.6. The molecule has 0 radical (unpaired) electrons. The molecule has 6 nitrogen and oxygen atoms in total. The first kappa shape index (κ1) is 14.2. The van der Waals surface area contributed by atoms with Crippen molar-refractivity contribution in [1.82, 2.24) is 0 Å². The molecule has 2 rings (SSSR count). The summed E-state index contributed by atoms with van der Waals surface area (Å²) in [5.41, 5.74) is 5.87. The van der Waals surface area contributed by atoms with Gasteiger partial charge in [0.1, 0.15) is 0 Å². The van der Waals surface area contributed by atoms with Crippen molar-refractivity contribution in [2.75, 3.05) is 0 Å². The Morgan fingerprint density at radius 3 is 2.61 bits per heavy atom. The van der Waals surface area contributed by atoms with E-state index in [1.54, 1.807) is 0 Å². The number of phenols is 1. The van der Waals surface area contributed by atoms with Crippen LogP contribution in [-0.4, -0.2) is 10.0 Å². The van der Waals surface area contributed by atoms with Gasteiger partial charge in [-0.15, -0.1) is 12.4 Å². The van der Waals surface area contributed by atoms with E-state index >= 15 is 0 Å². The second kappa shape index (κ2) is 5.21. The minimum absolute atomic E-state index is 0. The number of hydrogen-bond acceptors (Lipinski definition) is 5. The lowest BCUT2D eigenvalue weighted by molar-refractivity contribution is -0.386. The number of phenolic OH excluding ortho intramolecular Hbond substituents is 1. The summed E-state index contributed by atoms with van der Waals surface area (Å²) in [5.74, 6) is -0.178. The van der Waals surface area contributed by atoms with Crippen LogP contribution in [0.4, 0.5) is 5.69 Å². The second-order valence-corrected chi connectivity index (χ2v) is 4.17. The molecule has 1 aromatic carbocycles. The Hall–Kier alpha value is -1.84. The van der Waals surface area contributed by atoms with Crippen molar-refractivity contribution in [2.45, 2.75) is 18.9 Å². The van der Waals surface area contributed by atoms with E-state index in [-0.39, 0.29) is 23.9 Å². The van der Waals surface area contributed by atoms with E-state index in [2.05, 4.69) is 0 Å². The SMILES string of the molecule is Cl.N#Cc1cc([C@@H](N)C2CC2)c(O)c([N+](=O)[O-])c1. The van der Waals surface area contributed by atoms with Crippen LogP contribution in [-0.2, 0) is 0 Å². The van der Waals surface area contributed by atoms with E-state index in [4.69, 9.17) is 11.0 Å². The fraction of sp³-hybridized carbons (Fsp3) is 0.364. The van der Waals surface area contributed by atoms with Crippen LogP contribution in [0.3, 0.4) is 0 Å². The molecule has 1 atom stereocenters. The van der Waals surface area contributed by atoms with Gasteiger partial charge in [0, 0.05) is 17.7 Å². The molecule has 1 fully saturated rings. The maximum Gasteiger partial charge on any atom is 0.312 e. The smallest absolute Gasteiger partial charge is 0.312 e. The first-order chi connectivity index (χ1) is 8.04. The Labute approximate surface area is 110 Å². The van der Waals surface area contributed by atoms with Gasteiger partial charge in [0.25, 0.3) is 0 Å². The minimum Gasteiger partial charge on any atom is -0.502 e. The molecule has 1 aromatic rings. The molecule has 7 heteroatoms. The average Bonchev–Trinajstić information content (AvgIpc) is 3.12. The Kier molecular flexibility index (Phi) is 4.11. The predicted molar refractivity (Wildman–Crippen MR) is 66.4 cm³/mol. The van der Waals surface area contributed by atoms with Crippen LogP contribution in [0.5, 0.6) is 5.75 Å². The van der Waals surface area contributed by atoms with Gasteiger partial charge < -0.3 is 10.8 Å². The van der Waals surface area contributed by atoms with Gasteiger partial charge in [-0.3, -0.25) is 10.1 Å². The summed E-state index contributed by atoms with van der Waals surface area (Å²) in [4.78, 5) is 10.0. The van der Waals surface area contributed by atoms with Crippen molar-refractivity contribution < 1.29 is 10.0 Å². The van der Waals surface area contributed by atoms with Gasteiger partial charge in [0.15, 0.2) is 5.75 Å². The van der Waals surface area contributed by atoms with Crippen LogP contribution in [0.15, 0.2) is 12.1 Å². The summed E-state index contributed by atoms with van der Waals surface area (Å²) in [6, 6.07) is 3.87. The molecule has 0 heterocycles. The largest absolute Gasteiger partial charge is 0.502 e. The molecule has 0 spiro atoms. The normalized spacial score (nSPS) is 15.3. The summed E-state index contributed by atoms with van der Waals surface area (Å²) < 4.78 is 0. The minimum atomic E-state index is -0.709. The number of aromatic hydroxyl groups is 1. The van der Waals surface area contributed by atoms with Crippen LogP contribution < -0.4 is 5.73 Å². The molecular weight excluding hydrogens is 258 g/mol. The number of nitrogens with zero attached hydrogens (tertiary/aromatic N) is 2. The highest BCUT2D eigenvalue weighted by Crippen LogP contribution is 2.44. The third-order valence-corrected chi connectivity index (χ3v) is 2.93. The van der Waals surface area contributed by atoms with Crippen molar-refractivity contribution in [2.24, 2.45) is 11.7 Å². The van der Waals surface area contributed by atoms with E-state index in [1.807, 2.05) is 6.07 Å². The lowest BCUT2D eigenvalue weighted by atomic mass is 9.99. The Bertz CT molecular complexity index is 523. The fourth-order valence-electron chi connectivity index (χ4n) is 1.81. The molecule has 0 aromatic heterocycles. The molecule has 0 saturated heterocycles. The molecule has 1 aliphatic rings. The van der Waals surface area contributed by atoms with Gasteiger partial charge in [-0.2, -0.15) is 5.26 Å². The van der Waals surface area contributed by atoms with Crippen LogP contribution in [0.2, 0.25) is 0 Å². The number of nitriles is 1. The highest BCUT2D eigenvalue weighted by Gasteiger charge is 2.33. The van der Waals surface area contributed by atoms with E-state index < -0.39 is 22.4 Å². The van der Waals surface area contributed by atoms with Crippen molar-refractivity contribution in [1.29, 1.82) is 5.26 Å². The highest BCUT2D eigenvalue weighted by molar-refractivity contribution is 5.85. The molecule has 0 unspecified atom stereocenters. The summed E-state index contributed by atoms with van der Waals surface area (Å²) in [6.07, 6.45) is 1.90. The van der Waals surface area contributed by atoms with Crippen LogP contribution in [0.25, 0.3) is 0 Å². The number of benzene rings is 1. The van der Waals surface area contributed by atoms with Gasteiger partial charge in [-0.1, -0.05) is 0 Å². The number of rotatable bonds is 3. The van der Waals surface area contributed by atoms with Crippen molar-refractivity contribution in [3.63, 3.8) is 0 Å². The molecule has 0 bridgehead atoms. The van der Waals surface area contributed by atoms with E-state index in [0.717, 1.165) is 18.9 Å². The maximum absolute atomic E-state index is 10.7. The molecule has 1 saturated carbocycles. The summed E-state index contributed by atoms with van der Waals surface area (Å²) in [5, 5.41) is 29.3. The molecule has 1 aliphatic carbocycles. The Balaban J connectivity index is 0.00000162. The molecule has 18 heavy (non-hydrogen) atoms. The molecule has 3 N–H and O–H groups in total. The second-order valence-electron chi connectivity index (χ2n) is 4.17. The molecule has 96 valence electrons. The number of nitrogens with two attached hydrogens (primary N) is 1. The highest BCUT2D eigenvalue weighted by atomic mass is 35.5. The number of halogens is 1. The third-order valence-electron chi connectivity index (χ3n) is 2.93. The monoisotopic (exact) mass is 269 g/mol. The lowest BCUT2D eigenvalue weighted by Crippen LogP contribution is -2.13. The number of hydrogen-bond donors (Lipinski definition) is 2. The van der Waals surface area contributed by atoms with Gasteiger partial charge in [0.2, 0.25) is 0 Å². The average molecular weight is 270 g/mol. The van der Waals surface area contributed by atoms with E-state index in [9.17, 15) is 15.2 Å². The summed E-state index contributed by atoms with van der Waals surface area (Å²) in [7, 11) is 0. The van der Waals surface area contributed by atoms with Gasteiger partial charge >= 0.3 is 5.69 Å². The maximum atomic E-state index is 10.7. The Morgan fingerprint density at radius 1 is 1.56 bits per heavy atom. The van der Waals surface area contributed by atoms with Crippen LogP contribution >= 0.6 is 12.4 Å². The quantitative estimate of drug-likeness (QED) is 0.643. The first-order valence-corrected chi connectivity index (χ1v) is 5.21. The van der Waals surface area contributed by atoms with E-state index in [1.165, 1.54) is 6.07 Å². The van der Waals surface area contributed by atoms with Crippen molar-refractivity contribution >= 4 is 18.1 Å². The lowest BCUT2D eigenvalue weighted by Gasteiger charge is -2.12. The van der Waals surface area contributed by atoms with Gasteiger partial charge in [-0.25, -0.2) is 0 Å². The van der Waals surface area contributed by atoms with Gasteiger partial charge in [-0.05, 0) is 24.8 Å². The third kappa shape index (κ3) is 2.53. The summed E-state index contributed by atoms with van der Waals surface area (Å²) >= 11 is 0. The predicted octanol–water partition coefficient (Wildman–Crippen LogP) is 2.00. The van der Waals surface area contributed by atoms with Gasteiger partial charge in [0.05, 0.1) is 16.6 Å². The molecule has 0 aliphatic heterocycles. The standard InChI is InChI=1S/C11H11N3O3.ClH/c12-5-6-3-8(10(13)7-1-2-7)11(15)9(4-6)14(16)17;/h3-4,7,10,15H,1-2,13H2;1H/t10-;/m0./s1. The first-order valence-electron chi connectivity index (χ1n) is 5.21. The van der Waals surface area contributed by atoms with Crippen LogP contribution in [0, 0.1) is 27.4 Å². The fourth-order valence-corrected chi connectivity index (χ4v) is 1.81. The number of nitro groups is 1. The summed E-state index contributed by atoms with van der Waals surface area (Å²) in [6.45, 7) is 0. The van der Waals surface area contributed by atoms with Crippen molar-refractivity contribution in [3.05, 3.63) is 33.4 Å².